The van der Waals surface area contributed by atoms with E-state index in [4.69, 9.17) is 5.73 Å². The quantitative estimate of drug-likeness (QED) is 0.766. The molecule has 6 heteroatoms. The van der Waals surface area contributed by atoms with Gasteiger partial charge in [0.2, 0.25) is 5.95 Å². The minimum atomic E-state index is 0.357. The third-order valence-electron chi connectivity index (χ3n) is 4.79. The van der Waals surface area contributed by atoms with Crippen molar-refractivity contribution in [2.45, 2.75) is 25.3 Å². The molecule has 0 radical (unpaired) electrons. The second kappa shape index (κ2) is 7.03. The van der Waals surface area contributed by atoms with Crippen molar-refractivity contribution in [1.29, 1.82) is 0 Å². The number of piperidine rings is 1. The number of anilines is 1. The molecule has 1 atom stereocenters. The van der Waals surface area contributed by atoms with Crippen molar-refractivity contribution in [2.75, 3.05) is 18.8 Å². The molecule has 0 unspecified atom stereocenters. The molecule has 1 aromatic carbocycles. The molecule has 1 aliphatic rings. The van der Waals surface area contributed by atoms with E-state index in [-0.39, 0.29) is 0 Å². The van der Waals surface area contributed by atoms with Crippen LogP contribution < -0.4 is 5.73 Å². The largest absolute Gasteiger partial charge is 0.368 e. The molecule has 3 heterocycles. The van der Waals surface area contributed by atoms with E-state index in [2.05, 4.69) is 49.3 Å². The number of nitrogens with two attached hydrogens (primary N) is 1. The van der Waals surface area contributed by atoms with E-state index in [9.17, 15) is 0 Å². The van der Waals surface area contributed by atoms with Crippen molar-refractivity contribution in [1.82, 2.24) is 25.1 Å². The number of nitrogens with zero attached hydrogens (tertiary/aromatic N) is 4. The third kappa shape index (κ3) is 3.53. The lowest BCUT2D eigenvalue weighted by atomic mass is 9.94. The summed E-state index contributed by atoms with van der Waals surface area (Å²) in [6.07, 6.45) is 5.99. The van der Waals surface area contributed by atoms with Gasteiger partial charge in [0.1, 0.15) is 0 Å². The second-order valence-electron chi connectivity index (χ2n) is 6.55. The van der Waals surface area contributed by atoms with Crippen molar-refractivity contribution in [3.8, 4) is 11.3 Å². The Kier molecular flexibility index (Phi) is 4.43. The maximum atomic E-state index is 5.75. The lowest BCUT2D eigenvalue weighted by Crippen LogP contribution is -2.34. The predicted molar refractivity (Wildman–Crippen MR) is 97.7 cm³/mol. The van der Waals surface area contributed by atoms with Crippen LogP contribution in [0.1, 0.15) is 30.0 Å². The highest BCUT2D eigenvalue weighted by Crippen LogP contribution is 2.28. The number of nitrogens with one attached hydrogen (secondary N) is 1. The molecule has 3 aromatic rings. The number of rotatable bonds is 4. The SMILES string of the molecule is Nc1nccc([C@@H]2CCCN(Cc3cn[nH]c3-c3ccccc3)C2)n1. The molecular formula is C19H22N6. The number of aromatic nitrogens is 4. The molecular weight excluding hydrogens is 312 g/mol. The molecule has 0 amide bonds. The highest BCUT2D eigenvalue weighted by molar-refractivity contribution is 5.62. The van der Waals surface area contributed by atoms with Gasteiger partial charge in [-0.15, -0.1) is 0 Å². The van der Waals surface area contributed by atoms with Gasteiger partial charge in [-0.2, -0.15) is 5.10 Å². The molecule has 0 bridgehead atoms. The first-order valence-corrected chi connectivity index (χ1v) is 8.68. The monoisotopic (exact) mass is 334 g/mol. The van der Waals surface area contributed by atoms with Gasteiger partial charge < -0.3 is 5.73 Å². The average molecular weight is 334 g/mol. The Bertz CT molecular complexity index is 829. The fourth-order valence-electron chi connectivity index (χ4n) is 3.58. The summed E-state index contributed by atoms with van der Waals surface area (Å²) in [7, 11) is 0. The fraction of sp³-hybridized carbons (Fsp3) is 0.316. The number of likely N-dealkylation sites (tertiary alicyclic amines) is 1. The van der Waals surface area contributed by atoms with Crippen LogP contribution in [0.25, 0.3) is 11.3 Å². The number of benzene rings is 1. The maximum absolute atomic E-state index is 5.75. The first-order valence-electron chi connectivity index (χ1n) is 8.68. The van der Waals surface area contributed by atoms with Crippen LogP contribution in [0.2, 0.25) is 0 Å². The Morgan fingerprint density at radius 2 is 2.08 bits per heavy atom. The molecule has 1 saturated heterocycles. The molecule has 25 heavy (non-hydrogen) atoms. The molecule has 4 rings (SSSR count). The molecule has 128 valence electrons. The second-order valence-corrected chi connectivity index (χ2v) is 6.55. The fourth-order valence-corrected chi connectivity index (χ4v) is 3.58. The van der Waals surface area contributed by atoms with Gasteiger partial charge in [0, 0.05) is 30.8 Å². The summed E-state index contributed by atoms with van der Waals surface area (Å²) < 4.78 is 0. The van der Waals surface area contributed by atoms with Gasteiger partial charge in [0.05, 0.1) is 17.6 Å². The van der Waals surface area contributed by atoms with E-state index in [0.29, 0.717) is 11.9 Å². The average Bonchev–Trinajstić information content (AvgIpc) is 3.11. The minimum Gasteiger partial charge on any atom is -0.368 e. The van der Waals surface area contributed by atoms with E-state index in [1.54, 1.807) is 6.20 Å². The van der Waals surface area contributed by atoms with Crippen LogP contribution in [0.15, 0.2) is 48.8 Å². The minimum absolute atomic E-state index is 0.357. The lowest BCUT2D eigenvalue weighted by molar-refractivity contribution is 0.199. The van der Waals surface area contributed by atoms with Gasteiger partial charge in [-0.3, -0.25) is 10.00 Å². The Morgan fingerprint density at radius 1 is 1.20 bits per heavy atom. The first-order chi connectivity index (χ1) is 12.3. The zero-order valence-electron chi connectivity index (χ0n) is 14.1. The smallest absolute Gasteiger partial charge is 0.220 e. The molecule has 1 aliphatic heterocycles. The summed E-state index contributed by atoms with van der Waals surface area (Å²) in [5, 5.41) is 7.41. The van der Waals surface area contributed by atoms with E-state index in [1.807, 2.05) is 18.3 Å². The van der Waals surface area contributed by atoms with E-state index >= 15 is 0 Å². The van der Waals surface area contributed by atoms with Crippen LogP contribution in [0, 0.1) is 0 Å². The number of hydrogen-bond donors (Lipinski definition) is 2. The highest BCUT2D eigenvalue weighted by atomic mass is 15.2. The topological polar surface area (TPSA) is 83.7 Å². The van der Waals surface area contributed by atoms with Crippen LogP contribution in [0.4, 0.5) is 5.95 Å². The van der Waals surface area contributed by atoms with Gasteiger partial charge in [0.25, 0.3) is 0 Å². The van der Waals surface area contributed by atoms with Crippen LogP contribution in [-0.2, 0) is 6.54 Å². The Balaban J connectivity index is 1.49. The van der Waals surface area contributed by atoms with Crippen molar-refractivity contribution >= 4 is 5.95 Å². The van der Waals surface area contributed by atoms with E-state index in [0.717, 1.165) is 43.9 Å². The third-order valence-corrected chi connectivity index (χ3v) is 4.79. The summed E-state index contributed by atoms with van der Waals surface area (Å²) in [6, 6.07) is 12.3. The summed E-state index contributed by atoms with van der Waals surface area (Å²) in [5.41, 5.74) is 10.3. The van der Waals surface area contributed by atoms with Crippen molar-refractivity contribution in [2.24, 2.45) is 0 Å². The van der Waals surface area contributed by atoms with Gasteiger partial charge in [-0.1, -0.05) is 30.3 Å². The Morgan fingerprint density at radius 3 is 2.92 bits per heavy atom. The van der Waals surface area contributed by atoms with Crippen molar-refractivity contribution in [3.05, 3.63) is 60.0 Å². The van der Waals surface area contributed by atoms with Crippen LogP contribution in [0.3, 0.4) is 0 Å². The standard InChI is InChI=1S/C19H22N6/c20-19-21-9-8-17(23-19)15-7-4-10-25(12-15)13-16-11-22-24-18(16)14-5-2-1-3-6-14/h1-3,5-6,8-9,11,15H,4,7,10,12-13H2,(H,22,24)(H2,20,21,23)/t15-/m1/s1. The number of aromatic amines is 1. The molecule has 6 nitrogen and oxygen atoms in total. The van der Waals surface area contributed by atoms with Crippen LogP contribution in [-0.4, -0.2) is 38.2 Å². The summed E-state index contributed by atoms with van der Waals surface area (Å²) in [4.78, 5) is 10.9. The summed E-state index contributed by atoms with van der Waals surface area (Å²) in [5.74, 6) is 0.766. The van der Waals surface area contributed by atoms with Gasteiger partial charge >= 0.3 is 0 Å². The van der Waals surface area contributed by atoms with Crippen LogP contribution >= 0.6 is 0 Å². The lowest BCUT2D eigenvalue weighted by Gasteiger charge is -2.32. The summed E-state index contributed by atoms with van der Waals surface area (Å²) in [6.45, 7) is 2.96. The molecule has 0 spiro atoms. The summed E-state index contributed by atoms with van der Waals surface area (Å²) >= 11 is 0. The normalized spacial score (nSPS) is 18.3. The van der Waals surface area contributed by atoms with E-state index in [1.165, 1.54) is 11.1 Å². The zero-order chi connectivity index (χ0) is 17.1. The first kappa shape index (κ1) is 15.8. The maximum Gasteiger partial charge on any atom is 0.220 e. The molecule has 3 N–H and O–H groups in total. The predicted octanol–water partition coefficient (Wildman–Crippen LogP) is 2.83. The van der Waals surface area contributed by atoms with Gasteiger partial charge in [0.15, 0.2) is 0 Å². The van der Waals surface area contributed by atoms with Gasteiger partial charge in [-0.05, 0) is 31.0 Å². The number of hydrogen-bond acceptors (Lipinski definition) is 5. The van der Waals surface area contributed by atoms with Gasteiger partial charge in [-0.25, -0.2) is 9.97 Å². The van der Waals surface area contributed by atoms with E-state index < -0.39 is 0 Å². The molecule has 0 saturated carbocycles. The molecule has 1 fully saturated rings. The zero-order valence-corrected chi connectivity index (χ0v) is 14.1. The Hall–Kier alpha value is -2.73. The Labute approximate surface area is 147 Å². The van der Waals surface area contributed by atoms with Crippen molar-refractivity contribution < 1.29 is 0 Å². The number of nitrogen functional groups attached to an aromatic ring is 1. The number of H-pyrrole nitrogens is 1. The molecule has 2 aromatic heterocycles. The van der Waals surface area contributed by atoms with Crippen molar-refractivity contribution in [3.63, 3.8) is 0 Å². The molecule has 0 aliphatic carbocycles. The van der Waals surface area contributed by atoms with Crippen LogP contribution in [0.5, 0.6) is 0 Å². The highest BCUT2D eigenvalue weighted by Gasteiger charge is 2.23.